The van der Waals surface area contributed by atoms with Gasteiger partial charge in [-0.2, -0.15) is 0 Å². The predicted molar refractivity (Wildman–Crippen MR) is 229 cm³/mol. The standard InChI is InChI=1S/2C25H16O9/c1-12(26)31-15-4-7-18-21(10-15)33-22-11-16(32-13(2)27)5-8-19(22)25(18)20-9-14(23(28)29)3-6-17(20)24(30)34-25;1-12(26)31-14-6-8-18-20(10-14)33-21-11-15(32-13(2)27)7-9-19(21)25(18)22-16(23(28)29)4-3-5-17(22)24(30)34-25/h2*3-11H,1-2H3,(H,28,29). The molecule has 0 atom stereocenters. The lowest BCUT2D eigenvalue weighted by Crippen LogP contribution is -2.34. The summed E-state index contributed by atoms with van der Waals surface area (Å²) >= 11 is 0. The second-order valence-corrected chi connectivity index (χ2v) is 15.5. The van der Waals surface area contributed by atoms with Gasteiger partial charge >= 0.3 is 47.8 Å². The molecule has 6 aromatic carbocycles. The van der Waals surface area contributed by atoms with Crippen LogP contribution in [0.25, 0.3) is 0 Å². The van der Waals surface area contributed by atoms with Crippen molar-refractivity contribution < 1.29 is 86.5 Å². The molecule has 340 valence electrons. The van der Waals surface area contributed by atoms with Crippen molar-refractivity contribution in [2.24, 2.45) is 0 Å². The molecule has 2 spiro atoms. The van der Waals surface area contributed by atoms with E-state index in [2.05, 4.69) is 0 Å². The molecule has 0 bridgehead atoms. The molecular weight excluding hydrogens is 889 g/mol. The van der Waals surface area contributed by atoms with Gasteiger partial charge in [0.2, 0.25) is 0 Å². The van der Waals surface area contributed by atoms with E-state index in [1.165, 1.54) is 113 Å². The molecule has 2 N–H and O–H groups in total. The van der Waals surface area contributed by atoms with Crippen LogP contribution in [0, 0.1) is 0 Å². The molecule has 0 unspecified atom stereocenters. The van der Waals surface area contributed by atoms with Crippen molar-refractivity contribution in [3.63, 3.8) is 0 Å². The fourth-order valence-electron chi connectivity index (χ4n) is 8.66. The number of fused-ring (bicyclic) bond motifs is 12. The summed E-state index contributed by atoms with van der Waals surface area (Å²) < 4.78 is 44.6. The van der Waals surface area contributed by atoms with Crippen LogP contribution < -0.4 is 28.4 Å². The van der Waals surface area contributed by atoms with Gasteiger partial charge in [-0.15, -0.1) is 0 Å². The Morgan fingerprint density at radius 3 is 1.24 bits per heavy atom. The molecule has 10 rings (SSSR count). The number of carboxylic acids is 2. The number of carbonyl (C=O) groups excluding carboxylic acids is 6. The Balaban J connectivity index is 0.000000170. The molecule has 18 heteroatoms. The Morgan fingerprint density at radius 1 is 0.441 bits per heavy atom. The first-order valence-electron chi connectivity index (χ1n) is 20.3. The van der Waals surface area contributed by atoms with Crippen LogP contribution in [0.5, 0.6) is 46.0 Å². The Labute approximate surface area is 383 Å². The lowest BCUT2D eigenvalue weighted by atomic mass is 9.76. The summed E-state index contributed by atoms with van der Waals surface area (Å²) in [4.78, 5) is 95.5. The van der Waals surface area contributed by atoms with Gasteiger partial charge in [0.15, 0.2) is 11.2 Å². The van der Waals surface area contributed by atoms with E-state index in [0.29, 0.717) is 27.8 Å². The average Bonchev–Trinajstić information content (AvgIpc) is 3.73. The van der Waals surface area contributed by atoms with Crippen LogP contribution >= 0.6 is 0 Å². The van der Waals surface area contributed by atoms with Crippen LogP contribution in [-0.4, -0.2) is 58.0 Å². The summed E-state index contributed by atoms with van der Waals surface area (Å²) in [5.41, 5.74) is -1.05. The van der Waals surface area contributed by atoms with Crippen LogP contribution in [0.2, 0.25) is 0 Å². The highest BCUT2D eigenvalue weighted by molar-refractivity contribution is 6.03. The van der Waals surface area contributed by atoms with E-state index in [1.807, 2.05) is 0 Å². The summed E-state index contributed by atoms with van der Waals surface area (Å²) in [5, 5.41) is 19.5. The topological polar surface area (TPSA) is 251 Å². The molecule has 6 aromatic rings. The Hall–Kier alpha value is -9.32. The van der Waals surface area contributed by atoms with Gasteiger partial charge in [0.05, 0.1) is 22.3 Å². The Kier molecular flexibility index (Phi) is 10.5. The molecular formula is C50H32O18. The zero-order chi connectivity index (χ0) is 48.4. The predicted octanol–water partition coefficient (Wildman–Crippen LogP) is 7.61. The number of aromatic carboxylic acids is 2. The van der Waals surface area contributed by atoms with Gasteiger partial charge in [0, 0.05) is 85.3 Å². The maximum Gasteiger partial charge on any atom is 0.340 e. The number of carboxylic acid groups (broad SMARTS) is 2. The van der Waals surface area contributed by atoms with Gasteiger partial charge < -0.3 is 48.1 Å². The smallest absolute Gasteiger partial charge is 0.340 e. The third-order valence-electron chi connectivity index (χ3n) is 11.0. The normalized spacial score (nSPS) is 14.2. The fourth-order valence-corrected chi connectivity index (χ4v) is 8.66. The molecule has 4 aliphatic heterocycles. The number of ether oxygens (including phenoxy) is 8. The third-order valence-corrected chi connectivity index (χ3v) is 11.0. The molecule has 0 saturated carbocycles. The number of hydrogen-bond acceptors (Lipinski definition) is 16. The first-order valence-corrected chi connectivity index (χ1v) is 20.3. The first kappa shape index (κ1) is 43.9. The maximum atomic E-state index is 13.0. The molecule has 68 heavy (non-hydrogen) atoms. The molecule has 0 aliphatic carbocycles. The molecule has 0 aromatic heterocycles. The molecule has 0 amide bonds. The minimum absolute atomic E-state index is 0.0286. The lowest BCUT2D eigenvalue weighted by molar-refractivity contribution is -0.132. The molecule has 0 saturated heterocycles. The van der Waals surface area contributed by atoms with Crippen LogP contribution in [0.3, 0.4) is 0 Å². The Morgan fingerprint density at radius 2 is 0.838 bits per heavy atom. The van der Waals surface area contributed by atoms with Crippen molar-refractivity contribution in [2.45, 2.75) is 38.9 Å². The zero-order valence-corrected chi connectivity index (χ0v) is 35.8. The molecule has 4 aliphatic rings. The van der Waals surface area contributed by atoms with Crippen molar-refractivity contribution in [3.05, 3.63) is 165 Å². The fraction of sp³-hybridized carbons (Fsp3) is 0.120. The Bertz CT molecular complexity index is 3140. The zero-order valence-electron chi connectivity index (χ0n) is 35.8. The van der Waals surface area contributed by atoms with E-state index >= 15 is 0 Å². The van der Waals surface area contributed by atoms with Crippen molar-refractivity contribution in [1.82, 2.24) is 0 Å². The second kappa shape index (κ2) is 16.3. The van der Waals surface area contributed by atoms with Gasteiger partial charge in [-0.25, -0.2) is 19.2 Å². The SMILES string of the molecule is CC(=O)Oc1ccc2c(c1)Oc1cc(OC(C)=O)ccc1C21OC(=O)c2ccc(C(=O)O)cc21.CC(=O)Oc1ccc2c(c1)Oc1cc(OC(C)=O)ccc1C21OC(=O)c2cccc(C(=O)O)c21. The van der Waals surface area contributed by atoms with Gasteiger partial charge in [-0.1, -0.05) is 6.07 Å². The van der Waals surface area contributed by atoms with Crippen LogP contribution in [0.4, 0.5) is 0 Å². The number of carbonyl (C=O) groups is 8. The minimum Gasteiger partial charge on any atom is -0.478 e. The maximum absolute atomic E-state index is 13.0. The average molecular weight is 921 g/mol. The molecule has 4 heterocycles. The number of esters is 6. The number of benzene rings is 6. The van der Waals surface area contributed by atoms with E-state index in [-0.39, 0.29) is 73.8 Å². The summed E-state index contributed by atoms with van der Waals surface area (Å²) in [5.74, 6) is -4.38. The minimum atomic E-state index is -1.66. The second-order valence-electron chi connectivity index (χ2n) is 15.5. The lowest BCUT2D eigenvalue weighted by Gasteiger charge is -2.37. The van der Waals surface area contributed by atoms with Crippen LogP contribution in [-0.2, 0) is 39.9 Å². The third kappa shape index (κ3) is 7.25. The number of rotatable bonds is 6. The van der Waals surface area contributed by atoms with Gasteiger partial charge in [-0.3, -0.25) is 19.2 Å². The molecule has 0 fully saturated rings. The van der Waals surface area contributed by atoms with E-state index in [4.69, 9.17) is 37.9 Å². The first-order chi connectivity index (χ1) is 32.4. The van der Waals surface area contributed by atoms with Gasteiger partial charge in [0.1, 0.15) is 46.0 Å². The van der Waals surface area contributed by atoms with Gasteiger partial charge in [0.25, 0.3) is 0 Å². The highest BCUT2D eigenvalue weighted by atomic mass is 16.6. The quantitative estimate of drug-likeness (QED) is 0.120. The van der Waals surface area contributed by atoms with Crippen molar-refractivity contribution in [1.29, 1.82) is 0 Å². The van der Waals surface area contributed by atoms with Crippen LogP contribution in [0.15, 0.2) is 109 Å². The molecule has 0 radical (unpaired) electrons. The summed E-state index contributed by atoms with van der Waals surface area (Å²) in [6, 6.07) is 26.6. The monoisotopic (exact) mass is 920 g/mol. The van der Waals surface area contributed by atoms with E-state index < -0.39 is 59.0 Å². The summed E-state index contributed by atoms with van der Waals surface area (Å²) in [6.07, 6.45) is 0. The number of hydrogen-bond donors (Lipinski definition) is 2. The largest absolute Gasteiger partial charge is 0.478 e. The van der Waals surface area contributed by atoms with Crippen molar-refractivity contribution in [2.75, 3.05) is 0 Å². The van der Waals surface area contributed by atoms with E-state index in [0.717, 1.165) is 0 Å². The van der Waals surface area contributed by atoms with Crippen molar-refractivity contribution >= 4 is 47.8 Å². The molecule has 18 nitrogen and oxygen atoms in total. The highest BCUT2D eigenvalue weighted by Gasteiger charge is 2.56. The van der Waals surface area contributed by atoms with Gasteiger partial charge in [-0.05, 0) is 78.9 Å². The highest BCUT2D eigenvalue weighted by Crippen LogP contribution is 2.59. The van der Waals surface area contributed by atoms with Crippen LogP contribution in [0.1, 0.15) is 103 Å². The van der Waals surface area contributed by atoms with Crippen molar-refractivity contribution in [3.8, 4) is 46.0 Å². The van der Waals surface area contributed by atoms with E-state index in [9.17, 15) is 48.6 Å². The summed E-state index contributed by atoms with van der Waals surface area (Å²) in [6.45, 7) is 5.00. The van der Waals surface area contributed by atoms with E-state index in [1.54, 1.807) is 24.3 Å². The summed E-state index contributed by atoms with van der Waals surface area (Å²) in [7, 11) is 0.